The Hall–Kier alpha value is -2.05. The van der Waals surface area contributed by atoms with Crippen molar-refractivity contribution >= 4 is 33.3 Å². The zero-order valence-electron chi connectivity index (χ0n) is 17.1. The maximum absolute atomic E-state index is 13.7. The van der Waals surface area contributed by atoms with Crippen molar-refractivity contribution in [3.05, 3.63) is 22.6 Å². The second-order valence-electron chi connectivity index (χ2n) is 8.72. The van der Waals surface area contributed by atoms with E-state index < -0.39 is 29.2 Å². The van der Waals surface area contributed by atoms with Crippen molar-refractivity contribution in [3.63, 3.8) is 0 Å². The van der Waals surface area contributed by atoms with E-state index in [1.807, 2.05) is 0 Å². The Balaban J connectivity index is 1.38. The molecule has 2 aromatic heterocycles. The summed E-state index contributed by atoms with van der Waals surface area (Å²) >= 11 is 0.837. The van der Waals surface area contributed by atoms with Gasteiger partial charge in [-0.3, -0.25) is 9.69 Å². The fourth-order valence-corrected chi connectivity index (χ4v) is 5.85. The van der Waals surface area contributed by atoms with Gasteiger partial charge in [0.2, 0.25) is 0 Å². The molecule has 3 aliphatic rings. The van der Waals surface area contributed by atoms with Crippen molar-refractivity contribution < 1.29 is 31.5 Å². The van der Waals surface area contributed by atoms with Gasteiger partial charge in [0.25, 0.3) is 11.8 Å². The zero-order chi connectivity index (χ0) is 22.9. The first kappa shape index (κ1) is 21.8. The number of nitrogens with zero attached hydrogens (tertiary/aromatic N) is 3. The molecule has 32 heavy (non-hydrogen) atoms. The van der Waals surface area contributed by atoms with E-state index in [0.717, 1.165) is 17.4 Å². The lowest BCUT2D eigenvalue weighted by Gasteiger charge is -2.48. The number of amides is 1. The van der Waals surface area contributed by atoms with Gasteiger partial charge in [0.15, 0.2) is 0 Å². The molecule has 0 aliphatic carbocycles. The smallest absolute Gasteiger partial charge is 0.370 e. The maximum atomic E-state index is 13.7. The Bertz CT molecular complexity index is 1070. The number of hydrogen-bond donors (Lipinski definition) is 1. The molecule has 2 aromatic rings. The van der Waals surface area contributed by atoms with E-state index >= 15 is 0 Å². The van der Waals surface area contributed by atoms with Gasteiger partial charge in [-0.05, 0) is 12.5 Å². The molecule has 174 valence electrons. The number of likely N-dealkylation sites (tertiary alicyclic amines) is 1. The van der Waals surface area contributed by atoms with E-state index in [1.54, 1.807) is 9.80 Å². The molecular formula is C20H21F5N4O2S. The molecule has 3 aliphatic heterocycles. The predicted molar refractivity (Wildman–Crippen MR) is 108 cm³/mol. The average Bonchev–Trinajstić information content (AvgIpc) is 3.40. The number of hydrogen-bond acceptors (Lipinski definition) is 6. The maximum Gasteiger partial charge on any atom is 0.417 e. The second-order valence-corrected chi connectivity index (χ2v) is 9.60. The number of pyridine rings is 1. The third-order valence-corrected chi connectivity index (χ3v) is 7.48. The van der Waals surface area contributed by atoms with Crippen molar-refractivity contribution in [1.29, 1.82) is 0 Å². The molecule has 5 heterocycles. The normalized spacial score (nSPS) is 24.9. The van der Waals surface area contributed by atoms with Crippen LogP contribution in [-0.4, -0.2) is 73.2 Å². The fraction of sp³-hybridized carbons (Fsp3) is 0.600. The first-order chi connectivity index (χ1) is 15.0. The second kappa shape index (κ2) is 7.22. The molecule has 0 bridgehead atoms. The van der Waals surface area contributed by atoms with Gasteiger partial charge in [0.05, 0.1) is 47.6 Å². The van der Waals surface area contributed by atoms with Crippen LogP contribution in [-0.2, 0) is 10.9 Å². The lowest BCUT2D eigenvalue weighted by molar-refractivity contribution is -0.136. The molecule has 3 fully saturated rings. The number of rotatable bonds is 3. The summed E-state index contributed by atoms with van der Waals surface area (Å²) in [7, 11) is 1.41. The zero-order valence-corrected chi connectivity index (χ0v) is 18.0. The molecular weight excluding hydrogens is 455 g/mol. The van der Waals surface area contributed by atoms with Crippen LogP contribution in [0.15, 0.2) is 11.4 Å². The highest BCUT2D eigenvalue weighted by atomic mass is 32.1. The van der Waals surface area contributed by atoms with Gasteiger partial charge in [0, 0.05) is 31.4 Å². The van der Waals surface area contributed by atoms with E-state index in [0.29, 0.717) is 32.7 Å². The minimum atomic E-state index is -4.60. The summed E-state index contributed by atoms with van der Waals surface area (Å²) in [5, 5.41) is 3.80. The highest BCUT2D eigenvalue weighted by Gasteiger charge is 2.53. The van der Waals surface area contributed by atoms with Crippen LogP contribution in [0, 0.1) is 0 Å². The highest BCUT2D eigenvalue weighted by Crippen LogP contribution is 2.44. The van der Waals surface area contributed by atoms with Crippen molar-refractivity contribution in [3.8, 4) is 0 Å². The van der Waals surface area contributed by atoms with Crippen LogP contribution >= 0.6 is 11.3 Å². The van der Waals surface area contributed by atoms with E-state index in [2.05, 4.69) is 10.3 Å². The molecule has 5 rings (SSSR count). The van der Waals surface area contributed by atoms with Crippen molar-refractivity contribution in [1.82, 2.24) is 15.2 Å². The van der Waals surface area contributed by atoms with Gasteiger partial charge >= 0.3 is 6.18 Å². The third kappa shape index (κ3) is 3.61. The van der Waals surface area contributed by atoms with Crippen LogP contribution in [0.3, 0.4) is 0 Å². The quantitative estimate of drug-likeness (QED) is 0.689. The summed E-state index contributed by atoms with van der Waals surface area (Å²) < 4.78 is 74.1. The number of aromatic nitrogens is 1. The molecule has 0 aromatic carbocycles. The van der Waals surface area contributed by atoms with Gasteiger partial charge in [-0.25, -0.2) is 13.8 Å². The lowest BCUT2D eigenvalue weighted by Crippen LogP contribution is -2.62. The van der Waals surface area contributed by atoms with Crippen molar-refractivity contribution in [2.75, 3.05) is 44.7 Å². The number of anilines is 1. The van der Waals surface area contributed by atoms with Gasteiger partial charge in [-0.2, -0.15) is 13.2 Å². The molecule has 12 heteroatoms. The van der Waals surface area contributed by atoms with E-state index in [-0.39, 0.29) is 40.6 Å². The molecule has 1 N–H and O–H groups in total. The van der Waals surface area contributed by atoms with Gasteiger partial charge in [0.1, 0.15) is 11.4 Å². The SMILES string of the molecule is CNC(=O)c1csc2c(C(F)(F)F)cc(N3CC4(CC(N5CCC(F)(F)C5)CO4)C3)nc12. The summed E-state index contributed by atoms with van der Waals surface area (Å²) in [6.45, 7) is 1.00. The molecule has 1 atom stereocenters. The first-order valence-electron chi connectivity index (χ1n) is 10.2. The Labute approximate surface area is 184 Å². The molecule has 1 amide bonds. The van der Waals surface area contributed by atoms with Crippen molar-refractivity contribution in [2.45, 2.75) is 36.6 Å². The van der Waals surface area contributed by atoms with E-state index in [9.17, 15) is 26.7 Å². The number of nitrogens with one attached hydrogen (secondary N) is 1. The van der Waals surface area contributed by atoms with E-state index in [4.69, 9.17) is 4.74 Å². The van der Waals surface area contributed by atoms with Crippen LogP contribution in [0.1, 0.15) is 28.8 Å². The number of alkyl halides is 5. The number of carbonyl (C=O) groups is 1. The summed E-state index contributed by atoms with van der Waals surface area (Å²) in [6, 6.07) is 0.885. The summed E-state index contributed by atoms with van der Waals surface area (Å²) in [5.41, 5.74) is -1.29. The van der Waals surface area contributed by atoms with Crippen molar-refractivity contribution in [2.24, 2.45) is 0 Å². The standard InChI is InChI=1S/C20H21F5N4O2S/c1-26-17(30)12-7-32-16-13(20(23,24)25)4-14(27-15(12)16)29-8-18(9-29)5-11(6-31-18)28-3-2-19(21,22)10-28/h4,7,11H,2-3,5-6,8-10H2,1H3,(H,26,30). The predicted octanol–water partition coefficient (Wildman–Crippen LogP) is 3.36. The molecule has 3 saturated heterocycles. The van der Waals surface area contributed by atoms with Crippen LogP contribution < -0.4 is 10.2 Å². The minimum absolute atomic E-state index is 0.0182. The highest BCUT2D eigenvalue weighted by molar-refractivity contribution is 7.17. The number of thiophene rings is 1. The summed E-state index contributed by atoms with van der Waals surface area (Å²) in [4.78, 5) is 19.9. The minimum Gasteiger partial charge on any atom is -0.370 e. The number of ether oxygens (including phenoxy) is 1. The Kier molecular flexibility index (Phi) is 4.92. The third-order valence-electron chi connectivity index (χ3n) is 6.47. The lowest BCUT2D eigenvalue weighted by atomic mass is 9.89. The van der Waals surface area contributed by atoms with Crippen LogP contribution in [0.4, 0.5) is 27.8 Å². The van der Waals surface area contributed by atoms with Crippen LogP contribution in [0.2, 0.25) is 0 Å². The van der Waals surface area contributed by atoms with Gasteiger partial charge < -0.3 is 15.0 Å². The monoisotopic (exact) mass is 476 g/mol. The Morgan fingerprint density at radius 1 is 1.31 bits per heavy atom. The molecule has 0 saturated carbocycles. The molecule has 6 nitrogen and oxygen atoms in total. The number of carbonyl (C=O) groups excluding carboxylic acids is 1. The number of halogens is 5. The fourth-order valence-electron chi connectivity index (χ4n) is 4.82. The number of fused-ring (bicyclic) bond motifs is 1. The molecule has 1 unspecified atom stereocenters. The molecule has 0 radical (unpaired) electrons. The van der Waals surface area contributed by atoms with Gasteiger partial charge in [-0.15, -0.1) is 11.3 Å². The van der Waals surface area contributed by atoms with Gasteiger partial charge in [-0.1, -0.05) is 0 Å². The Morgan fingerprint density at radius 2 is 2.06 bits per heavy atom. The topological polar surface area (TPSA) is 57.7 Å². The largest absolute Gasteiger partial charge is 0.417 e. The first-order valence-corrected chi connectivity index (χ1v) is 11.1. The Morgan fingerprint density at radius 3 is 2.69 bits per heavy atom. The summed E-state index contributed by atoms with van der Waals surface area (Å²) in [6.07, 6.45) is -4.21. The summed E-state index contributed by atoms with van der Waals surface area (Å²) in [5.74, 6) is -3.06. The average molecular weight is 476 g/mol. The molecule has 1 spiro atoms. The van der Waals surface area contributed by atoms with E-state index in [1.165, 1.54) is 12.4 Å². The van der Waals surface area contributed by atoms with Crippen LogP contribution in [0.5, 0.6) is 0 Å². The van der Waals surface area contributed by atoms with Crippen LogP contribution in [0.25, 0.3) is 10.2 Å².